The molecular formula is C12H10N6O2S. The molecule has 3 rings (SSSR count). The number of nitrogen functional groups attached to an aromatic ring is 1. The number of thiazole rings is 1. The zero-order valence-corrected chi connectivity index (χ0v) is 11.5. The molecule has 0 aliphatic heterocycles. The molecule has 9 heteroatoms. The van der Waals surface area contributed by atoms with Crippen molar-refractivity contribution in [3.05, 3.63) is 51.8 Å². The van der Waals surface area contributed by atoms with Crippen LogP contribution in [0.4, 0.5) is 10.8 Å². The third kappa shape index (κ3) is 2.87. The molecule has 1 aromatic carbocycles. The molecule has 0 saturated heterocycles. The molecule has 21 heavy (non-hydrogen) atoms. The molecule has 0 amide bonds. The Morgan fingerprint density at radius 2 is 2.29 bits per heavy atom. The first-order valence-corrected chi connectivity index (χ1v) is 6.84. The first-order chi connectivity index (χ1) is 10.1. The van der Waals surface area contributed by atoms with Gasteiger partial charge in [0.15, 0.2) is 11.0 Å². The van der Waals surface area contributed by atoms with Crippen molar-refractivity contribution < 1.29 is 4.92 Å². The Kier molecular flexibility index (Phi) is 3.32. The van der Waals surface area contributed by atoms with Gasteiger partial charge in [0.05, 0.1) is 17.2 Å². The lowest BCUT2D eigenvalue weighted by Crippen LogP contribution is -2.01. The lowest BCUT2D eigenvalue weighted by atomic mass is 10.2. The predicted octanol–water partition coefficient (Wildman–Crippen LogP) is 1.94. The van der Waals surface area contributed by atoms with Crippen molar-refractivity contribution in [2.24, 2.45) is 0 Å². The van der Waals surface area contributed by atoms with Crippen LogP contribution in [0, 0.1) is 10.1 Å². The van der Waals surface area contributed by atoms with Crippen molar-refractivity contribution >= 4 is 22.2 Å². The summed E-state index contributed by atoms with van der Waals surface area (Å²) in [7, 11) is 0. The largest absolute Gasteiger partial charge is 0.375 e. The van der Waals surface area contributed by atoms with Gasteiger partial charge in [-0.1, -0.05) is 12.1 Å². The van der Waals surface area contributed by atoms with Gasteiger partial charge in [-0.05, 0) is 0 Å². The standard InChI is InChI=1S/C12H10N6O2S/c13-12-15-9(6-21-12)5-17-7-14-11(16-17)8-2-1-3-10(4-8)18(19)20/h1-4,6-7H,5H2,(H2,13,15). The molecule has 0 saturated carbocycles. The molecule has 106 valence electrons. The summed E-state index contributed by atoms with van der Waals surface area (Å²) in [6.45, 7) is 0.454. The summed E-state index contributed by atoms with van der Waals surface area (Å²) in [6.07, 6.45) is 1.56. The monoisotopic (exact) mass is 302 g/mol. The Hall–Kier alpha value is -2.81. The number of anilines is 1. The van der Waals surface area contributed by atoms with E-state index in [0.717, 1.165) is 5.69 Å². The number of hydrogen-bond donors (Lipinski definition) is 1. The second kappa shape index (κ2) is 5.29. The highest BCUT2D eigenvalue weighted by Gasteiger charge is 2.10. The SMILES string of the molecule is Nc1nc(Cn2cnc(-c3cccc([N+](=O)[O-])c3)n2)cs1. The molecule has 0 unspecified atom stereocenters. The van der Waals surface area contributed by atoms with Gasteiger partial charge in [0.25, 0.3) is 5.69 Å². The number of nitro groups is 1. The molecule has 2 heterocycles. The van der Waals surface area contributed by atoms with E-state index in [-0.39, 0.29) is 5.69 Å². The van der Waals surface area contributed by atoms with Gasteiger partial charge in [-0.15, -0.1) is 11.3 Å². The summed E-state index contributed by atoms with van der Waals surface area (Å²) in [4.78, 5) is 18.6. The number of rotatable bonds is 4. The van der Waals surface area contributed by atoms with E-state index >= 15 is 0 Å². The summed E-state index contributed by atoms with van der Waals surface area (Å²) >= 11 is 1.36. The topological polar surface area (TPSA) is 113 Å². The molecule has 3 aromatic rings. The summed E-state index contributed by atoms with van der Waals surface area (Å²) in [6, 6.07) is 6.21. The fourth-order valence-electron chi connectivity index (χ4n) is 1.82. The number of nitrogens with two attached hydrogens (primary N) is 1. The number of non-ortho nitro benzene ring substituents is 1. The van der Waals surface area contributed by atoms with Crippen LogP contribution in [0.25, 0.3) is 11.4 Å². The van der Waals surface area contributed by atoms with Gasteiger partial charge in [0, 0.05) is 23.1 Å². The molecule has 2 aromatic heterocycles. The highest BCUT2D eigenvalue weighted by atomic mass is 32.1. The first-order valence-electron chi connectivity index (χ1n) is 5.96. The Labute approximate surface area is 123 Å². The van der Waals surface area contributed by atoms with Gasteiger partial charge in [0.2, 0.25) is 0 Å². The maximum atomic E-state index is 10.8. The first kappa shape index (κ1) is 13.2. The summed E-state index contributed by atoms with van der Waals surface area (Å²) in [5.41, 5.74) is 6.98. The lowest BCUT2D eigenvalue weighted by Gasteiger charge is -1.97. The second-order valence-electron chi connectivity index (χ2n) is 4.25. The maximum Gasteiger partial charge on any atom is 0.270 e. The van der Waals surface area contributed by atoms with Crippen LogP contribution in [0.15, 0.2) is 36.0 Å². The molecule has 8 nitrogen and oxygen atoms in total. The zero-order valence-electron chi connectivity index (χ0n) is 10.7. The van der Waals surface area contributed by atoms with Gasteiger partial charge < -0.3 is 5.73 Å². The quantitative estimate of drug-likeness (QED) is 0.582. The van der Waals surface area contributed by atoms with Crippen LogP contribution in [0.1, 0.15) is 5.69 Å². The van der Waals surface area contributed by atoms with Crippen molar-refractivity contribution in [2.75, 3.05) is 5.73 Å². The van der Waals surface area contributed by atoms with Crippen LogP contribution in [-0.4, -0.2) is 24.7 Å². The highest BCUT2D eigenvalue weighted by molar-refractivity contribution is 7.13. The second-order valence-corrected chi connectivity index (χ2v) is 5.14. The minimum Gasteiger partial charge on any atom is -0.375 e. The smallest absolute Gasteiger partial charge is 0.270 e. The lowest BCUT2D eigenvalue weighted by molar-refractivity contribution is -0.384. The number of nitrogens with zero attached hydrogens (tertiary/aromatic N) is 5. The van der Waals surface area contributed by atoms with E-state index in [1.54, 1.807) is 23.1 Å². The predicted molar refractivity (Wildman–Crippen MR) is 77.7 cm³/mol. The third-order valence-corrected chi connectivity index (χ3v) is 3.47. The van der Waals surface area contributed by atoms with Crippen molar-refractivity contribution in [1.82, 2.24) is 19.7 Å². The van der Waals surface area contributed by atoms with Crippen molar-refractivity contribution in [2.45, 2.75) is 6.54 Å². The summed E-state index contributed by atoms with van der Waals surface area (Å²) < 4.78 is 1.61. The van der Waals surface area contributed by atoms with Gasteiger partial charge in [-0.2, -0.15) is 5.10 Å². The van der Waals surface area contributed by atoms with E-state index in [2.05, 4.69) is 15.1 Å². The molecule has 2 N–H and O–H groups in total. The van der Waals surface area contributed by atoms with E-state index < -0.39 is 4.92 Å². The van der Waals surface area contributed by atoms with Crippen molar-refractivity contribution in [3.8, 4) is 11.4 Å². The molecule has 0 spiro atoms. The summed E-state index contributed by atoms with van der Waals surface area (Å²) in [5, 5.41) is 17.4. The number of aromatic nitrogens is 4. The molecule has 0 radical (unpaired) electrons. The third-order valence-electron chi connectivity index (χ3n) is 2.75. The Morgan fingerprint density at radius 3 is 3.00 bits per heavy atom. The normalized spacial score (nSPS) is 10.7. The molecule has 0 bridgehead atoms. The molecule has 0 aliphatic rings. The van der Waals surface area contributed by atoms with E-state index in [1.807, 2.05) is 5.38 Å². The Bertz CT molecular complexity index is 796. The van der Waals surface area contributed by atoms with Crippen LogP contribution in [0.3, 0.4) is 0 Å². The molecule has 0 atom stereocenters. The van der Waals surface area contributed by atoms with E-state index in [1.165, 1.54) is 23.5 Å². The molecule has 0 fully saturated rings. The Morgan fingerprint density at radius 1 is 1.43 bits per heavy atom. The van der Waals surface area contributed by atoms with Crippen LogP contribution >= 0.6 is 11.3 Å². The van der Waals surface area contributed by atoms with E-state index in [4.69, 9.17) is 5.73 Å². The Balaban J connectivity index is 1.84. The number of nitro benzene ring substituents is 1. The van der Waals surface area contributed by atoms with Gasteiger partial charge in [-0.25, -0.2) is 14.6 Å². The maximum absolute atomic E-state index is 10.8. The van der Waals surface area contributed by atoms with Crippen LogP contribution in [0.5, 0.6) is 0 Å². The average molecular weight is 302 g/mol. The fraction of sp³-hybridized carbons (Fsp3) is 0.0833. The van der Waals surface area contributed by atoms with Crippen LogP contribution < -0.4 is 5.73 Å². The number of benzene rings is 1. The fourth-order valence-corrected chi connectivity index (χ4v) is 2.38. The highest BCUT2D eigenvalue weighted by Crippen LogP contribution is 2.20. The van der Waals surface area contributed by atoms with E-state index in [0.29, 0.717) is 23.1 Å². The molecular weight excluding hydrogens is 292 g/mol. The number of hydrogen-bond acceptors (Lipinski definition) is 7. The zero-order chi connectivity index (χ0) is 14.8. The van der Waals surface area contributed by atoms with Gasteiger partial charge in [0.1, 0.15) is 6.33 Å². The van der Waals surface area contributed by atoms with Crippen LogP contribution in [-0.2, 0) is 6.54 Å². The van der Waals surface area contributed by atoms with Crippen molar-refractivity contribution in [3.63, 3.8) is 0 Å². The van der Waals surface area contributed by atoms with Crippen molar-refractivity contribution in [1.29, 1.82) is 0 Å². The van der Waals surface area contributed by atoms with Crippen LogP contribution in [0.2, 0.25) is 0 Å². The van der Waals surface area contributed by atoms with Gasteiger partial charge >= 0.3 is 0 Å². The summed E-state index contributed by atoms with van der Waals surface area (Å²) in [5.74, 6) is 0.432. The van der Waals surface area contributed by atoms with Gasteiger partial charge in [-0.3, -0.25) is 10.1 Å². The average Bonchev–Trinajstić information content (AvgIpc) is 3.09. The van der Waals surface area contributed by atoms with E-state index in [9.17, 15) is 10.1 Å². The molecule has 0 aliphatic carbocycles. The minimum absolute atomic E-state index is 0.0103. The minimum atomic E-state index is -0.446.